The van der Waals surface area contributed by atoms with E-state index in [9.17, 15) is 9.59 Å². The summed E-state index contributed by atoms with van der Waals surface area (Å²) in [6.45, 7) is -0.0215. The molecule has 0 saturated carbocycles. The van der Waals surface area contributed by atoms with Gasteiger partial charge in [-0.25, -0.2) is 9.59 Å². The maximum atomic E-state index is 11.8. The van der Waals surface area contributed by atoms with E-state index in [-0.39, 0.29) is 6.61 Å². The number of aromatic amines is 1. The second-order valence-corrected chi connectivity index (χ2v) is 4.61. The summed E-state index contributed by atoms with van der Waals surface area (Å²) in [6.07, 6.45) is 1.63. The molecule has 0 atom stereocenters. The van der Waals surface area contributed by atoms with E-state index in [0.717, 1.165) is 0 Å². The van der Waals surface area contributed by atoms with E-state index >= 15 is 0 Å². The van der Waals surface area contributed by atoms with E-state index in [2.05, 4.69) is 4.98 Å². The van der Waals surface area contributed by atoms with Crippen LogP contribution in [-0.4, -0.2) is 18.1 Å². The average Bonchev–Trinajstić information content (AvgIpc) is 3.05. The Kier molecular flexibility index (Phi) is 3.65. The molecule has 22 heavy (non-hydrogen) atoms. The van der Waals surface area contributed by atoms with Crippen molar-refractivity contribution in [1.29, 1.82) is 0 Å². The summed E-state index contributed by atoms with van der Waals surface area (Å²) in [5, 5.41) is 0.694. The van der Waals surface area contributed by atoms with E-state index in [4.69, 9.17) is 13.9 Å². The van der Waals surface area contributed by atoms with Gasteiger partial charge in [0.25, 0.3) is 0 Å². The molecule has 6 heteroatoms. The molecule has 0 amide bonds. The maximum Gasteiger partial charge on any atom is 0.355 e. The van der Waals surface area contributed by atoms with E-state index < -0.39 is 11.6 Å². The number of esters is 1. The van der Waals surface area contributed by atoms with Crippen molar-refractivity contribution >= 4 is 16.9 Å². The summed E-state index contributed by atoms with van der Waals surface area (Å²) < 4.78 is 15.4. The molecule has 3 rings (SSSR count). The highest BCUT2D eigenvalue weighted by Gasteiger charge is 2.11. The summed E-state index contributed by atoms with van der Waals surface area (Å²) in [6, 6.07) is 9.76. The van der Waals surface area contributed by atoms with Crippen LogP contribution in [-0.2, 0) is 11.3 Å². The smallest absolute Gasteiger partial charge is 0.355 e. The van der Waals surface area contributed by atoms with Gasteiger partial charge in [0, 0.05) is 29.3 Å². The van der Waals surface area contributed by atoms with Crippen molar-refractivity contribution in [2.45, 2.75) is 6.61 Å². The molecule has 112 valence electrons. The molecular weight excluding hydrogens is 286 g/mol. The first-order valence-corrected chi connectivity index (χ1v) is 6.58. The number of hydrogen-bond donors (Lipinski definition) is 1. The minimum Gasteiger partial charge on any atom is -0.497 e. The number of carbonyl (C=O) groups is 1. The van der Waals surface area contributed by atoms with Gasteiger partial charge in [-0.15, -0.1) is 0 Å². The summed E-state index contributed by atoms with van der Waals surface area (Å²) >= 11 is 0. The Balaban J connectivity index is 1.90. The third-order valence-corrected chi connectivity index (χ3v) is 3.21. The first kappa shape index (κ1) is 13.9. The second-order valence-electron chi connectivity index (χ2n) is 4.61. The van der Waals surface area contributed by atoms with Crippen LogP contribution < -0.4 is 10.4 Å². The van der Waals surface area contributed by atoms with Crippen LogP contribution in [0.15, 0.2) is 51.8 Å². The first-order valence-electron chi connectivity index (χ1n) is 6.58. The molecular formula is C16H13NO5. The van der Waals surface area contributed by atoms with Gasteiger partial charge >= 0.3 is 11.6 Å². The lowest BCUT2D eigenvalue weighted by Crippen LogP contribution is -2.08. The fourth-order valence-electron chi connectivity index (χ4n) is 2.13. The number of benzene rings is 1. The summed E-state index contributed by atoms with van der Waals surface area (Å²) in [5.74, 6) is 0.0936. The van der Waals surface area contributed by atoms with Crippen LogP contribution in [0, 0.1) is 0 Å². The molecule has 0 unspecified atom stereocenters. The van der Waals surface area contributed by atoms with Crippen molar-refractivity contribution in [3.05, 3.63) is 64.3 Å². The predicted molar refractivity (Wildman–Crippen MR) is 78.9 cm³/mol. The second kappa shape index (κ2) is 5.77. The van der Waals surface area contributed by atoms with E-state index in [1.54, 1.807) is 36.5 Å². The lowest BCUT2D eigenvalue weighted by molar-refractivity contribution is 0.0467. The fraction of sp³-hybridized carbons (Fsp3) is 0.125. The molecule has 2 heterocycles. The number of H-pyrrole nitrogens is 1. The number of carbonyl (C=O) groups excluding carboxylic acids is 1. The number of aromatic nitrogens is 1. The maximum absolute atomic E-state index is 11.8. The lowest BCUT2D eigenvalue weighted by Gasteiger charge is -2.07. The van der Waals surface area contributed by atoms with E-state index in [1.165, 1.54) is 13.2 Å². The highest BCUT2D eigenvalue weighted by molar-refractivity contribution is 5.87. The van der Waals surface area contributed by atoms with Crippen molar-refractivity contribution in [1.82, 2.24) is 4.98 Å². The van der Waals surface area contributed by atoms with Crippen LogP contribution in [0.3, 0.4) is 0 Å². The molecule has 1 aromatic carbocycles. The van der Waals surface area contributed by atoms with Gasteiger partial charge in [0.15, 0.2) is 0 Å². The Labute approximate surface area is 125 Å². The largest absolute Gasteiger partial charge is 0.497 e. The van der Waals surface area contributed by atoms with Gasteiger partial charge in [-0.1, -0.05) is 0 Å². The van der Waals surface area contributed by atoms with E-state index in [1.807, 2.05) is 0 Å². The zero-order valence-corrected chi connectivity index (χ0v) is 11.8. The topological polar surface area (TPSA) is 81.5 Å². The highest BCUT2D eigenvalue weighted by atomic mass is 16.5. The molecule has 1 N–H and O–H groups in total. The Bertz CT molecular complexity index is 864. The van der Waals surface area contributed by atoms with Gasteiger partial charge in [-0.05, 0) is 24.3 Å². The van der Waals surface area contributed by atoms with Gasteiger partial charge in [-0.2, -0.15) is 0 Å². The molecule has 2 aromatic heterocycles. The first-order chi connectivity index (χ1) is 10.7. The monoisotopic (exact) mass is 299 g/mol. The molecule has 0 saturated heterocycles. The Morgan fingerprint density at radius 2 is 2.14 bits per heavy atom. The van der Waals surface area contributed by atoms with Gasteiger partial charge in [0.2, 0.25) is 0 Å². The molecule has 3 aromatic rings. The molecule has 0 aliphatic heterocycles. The number of rotatable bonds is 4. The molecule has 0 radical (unpaired) electrons. The summed E-state index contributed by atoms with van der Waals surface area (Å²) in [7, 11) is 1.53. The zero-order chi connectivity index (χ0) is 15.5. The van der Waals surface area contributed by atoms with Crippen LogP contribution in [0.4, 0.5) is 0 Å². The molecule has 0 fully saturated rings. The summed E-state index contributed by atoms with van der Waals surface area (Å²) in [5.41, 5.74) is 0.812. The third kappa shape index (κ3) is 2.71. The van der Waals surface area contributed by atoms with Crippen molar-refractivity contribution in [3.63, 3.8) is 0 Å². The SMILES string of the molecule is COc1ccc2c(COC(=O)c3ccc[nH]3)cc(=O)oc2c1. The molecule has 0 spiro atoms. The van der Waals surface area contributed by atoms with E-state index in [0.29, 0.717) is 28.0 Å². The van der Waals surface area contributed by atoms with Crippen molar-refractivity contribution < 1.29 is 18.7 Å². The Morgan fingerprint density at radius 1 is 1.27 bits per heavy atom. The highest BCUT2D eigenvalue weighted by Crippen LogP contribution is 2.23. The number of methoxy groups -OCH3 is 1. The molecule has 0 aliphatic rings. The Morgan fingerprint density at radius 3 is 2.86 bits per heavy atom. The number of fused-ring (bicyclic) bond motifs is 1. The van der Waals surface area contributed by atoms with Crippen molar-refractivity contribution in [2.75, 3.05) is 7.11 Å². The fourth-order valence-corrected chi connectivity index (χ4v) is 2.13. The van der Waals surface area contributed by atoms with Crippen LogP contribution in [0.2, 0.25) is 0 Å². The molecule has 0 bridgehead atoms. The zero-order valence-electron chi connectivity index (χ0n) is 11.8. The Hall–Kier alpha value is -3.02. The van der Waals surface area contributed by atoms with Gasteiger partial charge in [0.05, 0.1) is 7.11 Å². The van der Waals surface area contributed by atoms with Gasteiger partial charge in [-0.3, -0.25) is 0 Å². The number of ether oxygens (including phenoxy) is 2. The van der Waals surface area contributed by atoms with Crippen LogP contribution >= 0.6 is 0 Å². The van der Waals surface area contributed by atoms with Crippen LogP contribution in [0.5, 0.6) is 5.75 Å². The van der Waals surface area contributed by atoms with Crippen LogP contribution in [0.25, 0.3) is 11.0 Å². The average molecular weight is 299 g/mol. The number of hydrogen-bond acceptors (Lipinski definition) is 5. The van der Waals surface area contributed by atoms with Crippen LogP contribution in [0.1, 0.15) is 16.1 Å². The van der Waals surface area contributed by atoms with Gasteiger partial charge < -0.3 is 18.9 Å². The number of nitrogens with one attached hydrogen (secondary N) is 1. The normalized spacial score (nSPS) is 10.6. The van der Waals surface area contributed by atoms with Crippen molar-refractivity contribution in [2.24, 2.45) is 0 Å². The third-order valence-electron chi connectivity index (χ3n) is 3.21. The van der Waals surface area contributed by atoms with Crippen molar-refractivity contribution in [3.8, 4) is 5.75 Å². The molecule has 0 aliphatic carbocycles. The minimum absolute atomic E-state index is 0.0215. The van der Waals surface area contributed by atoms with Gasteiger partial charge in [0.1, 0.15) is 23.6 Å². The predicted octanol–water partition coefficient (Wildman–Crippen LogP) is 2.49. The minimum atomic E-state index is -0.508. The molecule has 6 nitrogen and oxygen atoms in total. The quantitative estimate of drug-likeness (QED) is 0.591. The lowest BCUT2D eigenvalue weighted by atomic mass is 10.1. The standard InChI is InChI=1S/C16H13NO5/c1-20-11-4-5-12-10(7-15(18)22-14(12)8-11)9-21-16(19)13-3-2-6-17-13/h2-8,17H,9H2,1H3. The summed E-state index contributed by atoms with van der Waals surface area (Å²) in [4.78, 5) is 26.2.